The zero-order valence-corrected chi connectivity index (χ0v) is 10.1. The van der Waals surface area contributed by atoms with Crippen molar-refractivity contribution < 1.29 is 24.1 Å². The minimum absolute atomic E-state index is 0.0669. The summed E-state index contributed by atoms with van der Waals surface area (Å²) in [7, 11) is 1.33. The Morgan fingerprint density at radius 3 is 2.47 bits per heavy atom. The molecule has 0 spiro atoms. The van der Waals surface area contributed by atoms with Gasteiger partial charge in [-0.15, -0.1) is 0 Å². The van der Waals surface area contributed by atoms with E-state index >= 15 is 0 Å². The number of carbonyl (C=O) groups excluding carboxylic acids is 1. The van der Waals surface area contributed by atoms with Gasteiger partial charge in [-0.1, -0.05) is 0 Å². The summed E-state index contributed by atoms with van der Waals surface area (Å²) < 4.78 is 18.7. The molecule has 0 unspecified atom stereocenters. The fourth-order valence-electron chi connectivity index (χ4n) is 1.78. The molecule has 0 aliphatic carbocycles. The first kappa shape index (κ1) is 12.9. The van der Waals surface area contributed by atoms with E-state index in [9.17, 15) is 19.4 Å². The van der Waals surface area contributed by atoms with Gasteiger partial charge in [0.2, 0.25) is 0 Å². The lowest BCUT2D eigenvalue weighted by molar-refractivity contribution is 0.112. The third-order valence-corrected chi connectivity index (χ3v) is 2.70. The Bertz CT molecular complexity index is 638. The third-order valence-electron chi connectivity index (χ3n) is 2.70. The van der Waals surface area contributed by atoms with Crippen LogP contribution in [0.15, 0.2) is 30.3 Å². The van der Waals surface area contributed by atoms with Crippen molar-refractivity contribution in [3.8, 4) is 28.4 Å². The number of aldehydes is 1. The first-order valence-electron chi connectivity index (χ1n) is 5.42. The number of phenols is 2. The van der Waals surface area contributed by atoms with Gasteiger partial charge in [-0.05, 0) is 24.3 Å². The van der Waals surface area contributed by atoms with Crippen molar-refractivity contribution >= 4 is 6.29 Å². The van der Waals surface area contributed by atoms with Gasteiger partial charge in [-0.2, -0.15) is 0 Å². The lowest BCUT2D eigenvalue weighted by Gasteiger charge is -2.11. The number of aromatic hydroxyl groups is 2. The van der Waals surface area contributed by atoms with Crippen molar-refractivity contribution in [2.24, 2.45) is 0 Å². The number of carbonyl (C=O) groups is 1. The van der Waals surface area contributed by atoms with Crippen molar-refractivity contribution in [2.45, 2.75) is 0 Å². The Labute approximate surface area is 108 Å². The van der Waals surface area contributed by atoms with Gasteiger partial charge in [0.1, 0.15) is 17.9 Å². The standard InChI is InChI=1S/C14H11FO4/c1-19-13-5-8(7-16)4-11(14(13)18)10-3-2-9(17)6-12(10)15/h2-7,17-18H,1H3. The van der Waals surface area contributed by atoms with Crippen molar-refractivity contribution in [1.82, 2.24) is 0 Å². The molecule has 0 saturated heterocycles. The number of ether oxygens (including phenoxy) is 1. The van der Waals surface area contributed by atoms with Crippen LogP contribution in [0.2, 0.25) is 0 Å². The van der Waals surface area contributed by atoms with Crippen LogP contribution >= 0.6 is 0 Å². The van der Waals surface area contributed by atoms with Gasteiger partial charge in [0.25, 0.3) is 0 Å². The quantitative estimate of drug-likeness (QED) is 0.834. The molecule has 4 nitrogen and oxygen atoms in total. The average molecular weight is 262 g/mol. The molecule has 0 atom stereocenters. The molecule has 0 radical (unpaired) electrons. The highest BCUT2D eigenvalue weighted by Gasteiger charge is 2.15. The van der Waals surface area contributed by atoms with Gasteiger partial charge in [-0.3, -0.25) is 4.79 Å². The normalized spacial score (nSPS) is 10.2. The molecular weight excluding hydrogens is 251 g/mol. The van der Waals surface area contributed by atoms with Crippen LogP contribution in [-0.2, 0) is 0 Å². The smallest absolute Gasteiger partial charge is 0.165 e. The van der Waals surface area contributed by atoms with Crippen LogP contribution in [-0.4, -0.2) is 23.6 Å². The first-order valence-corrected chi connectivity index (χ1v) is 5.42. The predicted molar refractivity (Wildman–Crippen MR) is 67.1 cm³/mol. The van der Waals surface area contributed by atoms with Crippen molar-refractivity contribution in [3.05, 3.63) is 41.7 Å². The monoisotopic (exact) mass is 262 g/mol. The fourth-order valence-corrected chi connectivity index (χ4v) is 1.78. The zero-order chi connectivity index (χ0) is 14.0. The summed E-state index contributed by atoms with van der Waals surface area (Å²) in [4.78, 5) is 10.8. The fraction of sp³-hybridized carbons (Fsp3) is 0.0714. The number of rotatable bonds is 3. The average Bonchev–Trinajstić information content (AvgIpc) is 2.40. The minimum atomic E-state index is -0.708. The topological polar surface area (TPSA) is 66.8 Å². The number of hydrogen-bond acceptors (Lipinski definition) is 4. The number of methoxy groups -OCH3 is 1. The largest absolute Gasteiger partial charge is 0.508 e. The maximum Gasteiger partial charge on any atom is 0.165 e. The molecule has 2 N–H and O–H groups in total. The van der Waals surface area contributed by atoms with E-state index in [1.165, 1.54) is 31.4 Å². The summed E-state index contributed by atoms with van der Waals surface area (Å²) in [6, 6.07) is 6.23. The van der Waals surface area contributed by atoms with Crippen molar-refractivity contribution in [3.63, 3.8) is 0 Å². The van der Waals surface area contributed by atoms with Crippen LogP contribution in [0.25, 0.3) is 11.1 Å². The molecular formula is C14H11FO4. The highest BCUT2D eigenvalue weighted by atomic mass is 19.1. The van der Waals surface area contributed by atoms with Gasteiger partial charge < -0.3 is 14.9 Å². The summed E-state index contributed by atoms with van der Waals surface area (Å²) in [6.07, 6.45) is 0.573. The molecule has 0 bridgehead atoms. The third kappa shape index (κ3) is 2.35. The van der Waals surface area contributed by atoms with Gasteiger partial charge in [0.15, 0.2) is 11.5 Å². The molecule has 0 heterocycles. The van der Waals surface area contributed by atoms with E-state index in [1.54, 1.807) is 0 Å². The predicted octanol–water partition coefficient (Wildman–Crippen LogP) is 2.73. The van der Waals surface area contributed by atoms with E-state index in [0.717, 1.165) is 6.07 Å². The first-order chi connectivity index (χ1) is 9.06. The van der Waals surface area contributed by atoms with Crippen LogP contribution < -0.4 is 4.74 Å². The lowest BCUT2D eigenvalue weighted by atomic mass is 10.0. The highest BCUT2D eigenvalue weighted by molar-refractivity contribution is 5.84. The molecule has 2 rings (SSSR count). The van der Waals surface area contributed by atoms with Gasteiger partial charge in [0.05, 0.1) is 7.11 Å². The second-order valence-corrected chi connectivity index (χ2v) is 3.90. The Hall–Kier alpha value is -2.56. The van der Waals surface area contributed by atoms with Crippen molar-refractivity contribution in [2.75, 3.05) is 7.11 Å². The van der Waals surface area contributed by atoms with Crippen molar-refractivity contribution in [1.29, 1.82) is 0 Å². The number of phenolic OH excluding ortho intramolecular Hbond substituents is 2. The van der Waals surface area contributed by atoms with Crippen LogP contribution in [0, 0.1) is 5.82 Å². The summed E-state index contributed by atoms with van der Waals surface area (Å²) >= 11 is 0. The maximum absolute atomic E-state index is 13.8. The van der Waals surface area contributed by atoms with E-state index in [1.807, 2.05) is 0 Å². The zero-order valence-electron chi connectivity index (χ0n) is 10.1. The summed E-state index contributed by atoms with van der Waals surface area (Å²) in [5.41, 5.74) is 0.438. The SMILES string of the molecule is COc1cc(C=O)cc(-c2ccc(O)cc2F)c1O. The van der Waals surface area contributed by atoms with Gasteiger partial charge in [-0.25, -0.2) is 4.39 Å². The second-order valence-electron chi connectivity index (χ2n) is 3.90. The van der Waals surface area contributed by atoms with Crippen LogP contribution in [0.4, 0.5) is 4.39 Å². The number of benzene rings is 2. The van der Waals surface area contributed by atoms with E-state index in [0.29, 0.717) is 6.29 Å². The maximum atomic E-state index is 13.8. The molecule has 0 amide bonds. The molecule has 0 saturated carbocycles. The Morgan fingerprint density at radius 1 is 1.16 bits per heavy atom. The Balaban J connectivity index is 2.70. The molecule has 2 aromatic carbocycles. The Kier molecular flexibility index (Phi) is 3.37. The molecule has 0 aromatic heterocycles. The minimum Gasteiger partial charge on any atom is -0.508 e. The van der Waals surface area contributed by atoms with E-state index in [2.05, 4.69) is 0 Å². The van der Waals surface area contributed by atoms with E-state index in [4.69, 9.17) is 4.74 Å². The van der Waals surface area contributed by atoms with Crippen LogP contribution in [0.1, 0.15) is 10.4 Å². The summed E-state index contributed by atoms with van der Waals surface area (Å²) in [5, 5.41) is 19.2. The van der Waals surface area contributed by atoms with Gasteiger partial charge >= 0.3 is 0 Å². The molecule has 5 heteroatoms. The molecule has 19 heavy (non-hydrogen) atoms. The molecule has 0 aliphatic rings. The Morgan fingerprint density at radius 2 is 1.89 bits per heavy atom. The molecule has 0 fully saturated rings. The van der Waals surface area contributed by atoms with E-state index < -0.39 is 5.82 Å². The second kappa shape index (κ2) is 4.97. The van der Waals surface area contributed by atoms with Crippen LogP contribution in [0.3, 0.4) is 0 Å². The number of halogens is 1. The molecule has 0 aliphatic heterocycles. The van der Waals surface area contributed by atoms with Gasteiger partial charge in [0, 0.05) is 22.8 Å². The summed E-state index contributed by atoms with van der Waals surface area (Å²) in [5.74, 6) is -1.12. The summed E-state index contributed by atoms with van der Waals surface area (Å²) in [6.45, 7) is 0. The molecule has 98 valence electrons. The lowest BCUT2D eigenvalue weighted by Crippen LogP contribution is -1.92. The molecule has 2 aromatic rings. The van der Waals surface area contributed by atoms with Crippen LogP contribution in [0.5, 0.6) is 17.2 Å². The van der Waals surface area contributed by atoms with E-state index in [-0.39, 0.29) is 33.9 Å². The number of hydrogen-bond donors (Lipinski definition) is 2. The highest BCUT2D eigenvalue weighted by Crippen LogP contribution is 2.39.